The molecule has 0 fully saturated rings. The molecule has 1 aromatic rings. The molecule has 0 spiro atoms. The highest BCUT2D eigenvalue weighted by molar-refractivity contribution is 5.29. The third-order valence-electron chi connectivity index (χ3n) is 3.00. The molecule has 0 aliphatic rings. The van der Waals surface area contributed by atoms with Crippen LogP contribution in [-0.4, -0.2) is 12.2 Å². The quantitative estimate of drug-likeness (QED) is 0.550. The van der Waals surface area contributed by atoms with Gasteiger partial charge in [0.1, 0.15) is 5.75 Å². The van der Waals surface area contributed by atoms with Crippen LogP contribution < -0.4 is 4.74 Å². The summed E-state index contributed by atoms with van der Waals surface area (Å²) >= 11 is 0. The molecule has 0 unspecified atom stereocenters. The van der Waals surface area contributed by atoms with E-state index in [0.29, 0.717) is 0 Å². The van der Waals surface area contributed by atoms with E-state index in [1.165, 1.54) is 25.7 Å². The first-order valence-corrected chi connectivity index (χ1v) is 6.76. The fourth-order valence-electron chi connectivity index (χ4n) is 1.83. The fraction of sp³-hybridized carbons (Fsp3) is 0.500. The van der Waals surface area contributed by atoms with Gasteiger partial charge in [0.2, 0.25) is 0 Å². The van der Waals surface area contributed by atoms with Gasteiger partial charge in [-0.05, 0) is 30.5 Å². The van der Waals surface area contributed by atoms with Crippen molar-refractivity contribution in [1.29, 1.82) is 0 Å². The lowest BCUT2D eigenvalue weighted by Gasteiger charge is -2.07. The lowest BCUT2D eigenvalue weighted by molar-refractivity contribution is 0.228. The van der Waals surface area contributed by atoms with Gasteiger partial charge in [-0.3, -0.25) is 0 Å². The van der Waals surface area contributed by atoms with Gasteiger partial charge < -0.3 is 9.84 Å². The molecular weight excluding hydrogens is 224 g/mol. The van der Waals surface area contributed by atoms with E-state index in [-0.39, 0.29) is 0 Å². The molecule has 2 nitrogen and oxygen atoms in total. The van der Waals surface area contributed by atoms with Crippen LogP contribution in [-0.2, 0) is 0 Å². The monoisotopic (exact) mass is 248 g/mol. The molecule has 2 heteroatoms. The Morgan fingerprint density at radius 1 is 1.17 bits per heavy atom. The molecular formula is C16H24O2. The molecule has 0 saturated heterocycles. The standard InChI is InChI=1S/C16H24O2/c1-3-4-5-6-7-8-9-16(17)14-10-12-15(18-2)13-11-14/h8-13,16-17H,3-7H2,1-2H3/b9-8+/t16-/m1/s1. The van der Waals surface area contributed by atoms with E-state index in [0.717, 1.165) is 17.7 Å². The minimum Gasteiger partial charge on any atom is -0.497 e. The Morgan fingerprint density at radius 3 is 2.50 bits per heavy atom. The molecule has 0 aliphatic carbocycles. The lowest BCUT2D eigenvalue weighted by Crippen LogP contribution is -1.93. The summed E-state index contributed by atoms with van der Waals surface area (Å²) in [5, 5.41) is 9.96. The summed E-state index contributed by atoms with van der Waals surface area (Å²) in [6.45, 7) is 2.21. The summed E-state index contributed by atoms with van der Waals surface area (Å²) in [5.74, 6) is 0.814. The van der Waals surface area contributed by atoms with E-state index in [1.807, 2.05) is 30.3 Å². The van der Waals surface area contributed by atoms with E-state index in [4.69, 9.17) is 4.74 Å². The maximum absolute atomic E-state index is 9.96. The van der Waals surface area contributed by atoms with Crippen LogP contribution in [0.25, 0.3) is 0 Å². The van der Waals surface area contributed by atoms with Crippen molar-refractivity contribution >= 4 is 0 Å². The second-order valence-corrected chi connectivity index (χ2v) is 4.50. The smallest absolute Gasteiger partial charge is 0.118 e. The molecule has 0 saturated carbocycles. The van der Waals surface area contributed by atoms with E-state index in [1.54, 1.807) is 7.11 Å². The van der Waals surface area contributed by atoms with Crippen LogP contribution in [0.2, 0.25) is 0 Å². The first-order chi connectivity index (χ1) is 8.77. The predicted molar refractivity (Wildman–Crippen MR) is 75.9 cm³/mol. The van der Waals surface area contributed by atoms with Crippen molar-refractivity contribution in [3.8, 4) is 5.75 Å². The molecule has 1 rings (SSSR count). The lowest BCUT2D eigenvalue weighted by atomic mass is 10.1. The molecule has 18 heavy (non-hydrogen) atoms. The Labute approximate surface area is 110 Å². The van der Waals surface area contributed by atoms with E-state index in [2.05, 4.69) is 13.0 Å². The molecule has 0 amide bonds. The first kappa shape index (κ1) is 14.8. The summed E-state index contributed by atoms with van der Waals surface area (Å²) in [6, 6.07) is 7.52. The summed E-state index contributed by atoms with van der Waals surface area (Å²) in [5.41, 5.74) is 0.903. The highest BCUT2D eigenvalue weighted by Gasteiger charge is 2.02. The number of allylic oxidation sites excluding steroid dienone is 1. The van der Waals surface area contributed by atoms with Crippen LogP contribution in [0.1, 0.15) is 50.7 Å². The number of rotatable bonds is 8. The van der Waals surface area contributed by atoms with Gasteiger partial charge in [0.05, 0.1) is 13.2 Å². The molecule has 1 aromatic carbocycles. The molecule has 100 valence electrons. The minimum atomic E-state index is -0.512. The van der Waals surface area contributed by atoms with Gasteiger partial charge in [-0.15, -0.1) is 0 Å². The van der Waals surface area contributed by atoms with Crippen molar-refractivity contribution in [2.24, 2.45) is 0 Å². The van der Waals surface area contributed by atoms with Crippen molar-refractivity contribution in [3.05, 3.63) is 42.0 Å². The Hall–Kier alpha value is -1.28. The number of ether oxygens (including phenoxy) is 1. The second-order valence-electron chi connectivity index (χ2n) is 4.50. The first-order valence-electron chi connectivity index (χ1n) is 6.76. The number of aliphatic hydroxyl groups is 1. The van der Waals surface area contributed by atoms with Gasteiger partial charge in [-0.1, -0.05) is 50.5 Å². The van der Waals surface area contributed by atoms with Crippen molar-refractivity contribution < 1.29 is 9.84 Å². The zero-order valence-corrected chi connectivity index (χ0v) is 11.4. The van der Waals surface area contributed by atoms with Crippen molar-refractivity contribution in [2.45, 2.75) is 45.1 Å². The molecule has 0 bridgehead atoms. The number of hydrogen-bond donors (Lipinski definition) is 1. The zero-order chi connectivity index (χ0) is 13.2. The van der Waals surface area contributed by atoms with Crippen molar-refractivity contribution in [3.63, 3.8) is 0 Å². The average Bonchev–Trinajstić information content (AvgIpc) is 2.42. The number of unbranched alkanes of at least 4 members (excludes halogenated alkanes) is 4. The van der Waals surface area contributed by atoms with Crippen LogP contribution in [0, 0.1) is 0 Å². The van der Waals surface area contributed by atoms with Gasteiger partial charge in [0, 0.05) is 0 Å². The number of aliphatic hydroxyl groups excluding tert-OH is 1. The molecule has 0 radical (unpaired) electrons. The molecule has 0 aliphatic heterocycles. The SMILES string of the molecule is CCCCCC/C=C/[C@@H](O)c1ccc(OC)cc1. The van der Waals surface area contributed by atoms with Gasteiger partial charge >= 0.3 is 0 Å². The Balaban J connectivity index is 2.34. The van der Waals surface area contributed by atoms with Gasteiger partial charge in [0.15, 0.2) is 0 Å². The second kappa shape index (κ2) is 8.76. The third-order valence-corrected chi connectivity index (χ3v) is 3.00. The molecule has 1 N–H and O–H groups in total. The number of methoxy groups -OCH3 is 1. The van der Waals surface area contributed by atoms with Crippen LogP contribution in [0.5, 0.6) is 5.75 Å². The summed E-state index contributed by atoms with van der Waals surface area (Å²) < 4.78 is 5.09. The Morgan fingerprint density at radius 2 is 1.89 bits per heavy atom. The summed E-state index contributed by atoms with van der Waals surface area (Å²) in [7, 11) is 1.64. The molecule has 0 aromatic heterocycles. The number of benzene rings is 1. The van der Waals surface area contributed by atoms with E-state index >= 15 is 0 Å². The van der Waals surface area contributed by atoms with Gasteiger partial charge in [-0.2, -0.15) is 0 Å². The van der Waals surface area contributed by atoms with Crippen LogP contribution in [0.15, 0.2) is 36.4 Å². The van der Waals surface area contributed by atoms with E-state index < -0.39 is 6.10 Å². The van der Waals surface area contributed by atoms with Gasteiger partial charge in [0.25, 0.3) is 0 Å². The van der Waals surface area contributed by atoms with Crippen molar-refractivity contribution in [1.82, 2.24) is 0 Å². The maximum Gasteiger partial charge on any atom is 0.118 e. The highest BCUT2D eigenvalue weighted by atomic mass is 16.5. The Bertz CT molecular complexity index is 341. The van der Waals surface area contributed by atoms with Crippen molar-refractivity contribution in [2.75, 3.05) is 7.11 Å². The van der Waals surface area contributed by atoms with E-state index in [9.17, 15) is 5.11 Å². The summed E-state index contributed by atoms with van der Waals surface area (Å²) in [6.07, 6.45) is 9.53. The predicted octanol–water partition coefficient (Wildman–Crippen LogP) is 4.26. The topological polar surface area (TPSA) is 29.5 Å². The fourth-order valence-corrected chi connectivity index (χ4v) is 1.83. The van der Waals surface area contributed by atoms with Gasteiger partial charge in [-0.25, -0.2) is 0 Å². The van der Waals surface area contributed by atoms with Crippen LogP contribution >= 0.6 is 0 Å². The maximum atomic E-state index is 9.96. The average molecular weight is 248 g/mol. The largest absolute Gasteiger partial charge is 0.497 e. The zero-order valence-electron chi connectivity index (χ0n) is 11.4. The molecule has 0 heterocycles. The highest BCUT2D eigenvalue weighted by Crippen LogP contribution is 2.18. The van der Waals surface area contributed by atoms with Crippen LogP contribution in [0.3, 0.4) is 0 Å². The van der Waals surface area contributed by atoms with Crippen LogP contribution in [0.4, 0.5) is 0 Å². The third kappa shape index (κ3) is 5.37. The molecule has 1 atom stereocenters. The Kier molecular flexibility index (Phi) is 7.19. The summed E-state index contributed by atoms with van der Waals surface area (Å²) in [4.78, 5) is 0. The minimum absolute atomic E-state index is 0.512. The normalized spacial score (nSPS) is 12.8. The number of hydrogen-bond acceptors (Lipinski definition) is 2.